The smallest absolute Gasteiger partial charge is 0.269 e. The predicted octanol–water partition coefficient (Wildman–Crippen LogP) is 6.52. The lowest BCUT2D eigenvalue weighted by Crippen LogP contribution is -1.95. The number of ether oxygens (including phenoxy) is 2. The lowest BCUT2D eigenvalue weighted by atomic mass is 10.0. The highest BCUT2D eigenvalue weighted by Gasteiger charge is 2.09. The van der Waals surface area contributed by atoms with E-state index in [-0.39, 0.29) is 11.6 Å². The average Bonchev–Trinajstić information content (AvgIpc) is 2.78. The van der Waals surface area contributed by atoms with Crippen molar-refractivity contribution in [2.24, 2.45) is 0 Å². The SMILES string of the molecule is COc1cc(/C=C/c2ccc(C)cc2)c(OCS)cc1/C=C/c1ccc([N+](=O)[O-])cc1. The molecule has 0 fully saturated rings. The summed E-state index contributed by atoms with van der Waals surface area (Å²) in [5.74, 6) is 1.61. The molecule has 0 saturated carbocycles. The Hall–Kier alpha value is -3.51. The zero-order valence-corrected chi connectivity index (χ0v) is 18.2. The molecule has 0 aromatic heterocycles. The number of thiol groups is 1. The predicted molar refractivity (Wildman–Crippen MR) is 130 cm³/mol. The maximum atomic E-state index is 10.8. The van der Waals surface area contributed by atoms with Gasteiger partial charge in [0.15, 0.2) is 0 Å². The number of nitro groups is 1. The fraction of sp³-hybridized carbons (Fsp3) is 0.120. The Bertz CT molecular complexity index is 1100. The van der Waals surface area contributed by atoms with Crippen LogP contribution in [0.5, 0.6) is 11.5 Å². The Balaban J connectivity index is 1.91. The van der Waals surface area contributed by atoms with Crippen LogP contribution >= 0.6 is 12.6 Å². The molecular formula is C25H23NO4S. The minimum atomic E-state index is -0.416. The molecule has 3 rings (SSSR count). The normalized spacial score (nSPS) is 11.2. The van der Waals surface area contributed by atoms with E-state index in [1.54, 1.807) is 19.2 Å². The third-order valence-corrected chi connectivity index (χ3v) is 4.80. The van der Waals surface area contributed by atoms with Crippen molar-refractivity contribution < 1.29 is 14.4 Å². The highest BCUT2D eigenvalue weighted by molar-refractivity contribution is 7.80. The molecule has 0 radical (unpaired) electrons. The molecule has 158 valence electrons. The van der Waals surface area contributed by atoms with Gasteiger partial charge in [-0.3, -0.25) is 10.1 Å². The molecule has 0 heterocycles. The van der Waals surface area contributed by atoms with Gasteiger partial charge in [-0.2, -0.15) is 0 Å². The molecule has 31 heavy (non-hydrogen) atoms. The lowest BCUT2D eigenvalue weighted by molar-refractivity contribution is -0.384. The first-order valence-electron chi connectivity index (χ1n) is 9.63. The van der Waals surface area contributed by atoms with Crippen molar-refractivity contribution in [1.29, 1.82) is 0 Å². The van der Waals surface area contributed by atoms with E-state index >= 15 is 0 Å². The van der Waals surface area contributed by atoms with Gasteiger partial charge in [0, 0.05) is 23.3 Å². The van der Waals surface area contributed by atoms with Gasteiger partial charge in [0.1, 0.15) is 17.4 Å². The highest BCUT2D eigenvalue weighted by Crippen LogP contribution is 2.32. The summed E-state index contributed by atoms with van der Waals surface area (Å²) in [5, 5.41) is 10.8. The van der Waals surface area contributed by atoms with Gasteiger partial charge in [0.2, 0.25) is 0 Å². The van der Waals surface area contributed by atoms with E-state index in [9.17, 15) is 10.1 Å². The summed E-state index contributed by atoms with van der Waals surface area (Å²) in [6.07, 6.45) is 7.76. The Morgan fingerprint density at radius 1 is 0.871 bits per heavy atom. The van der Waals surface area contributed by atoms with Gasteiger partial charge in [-0.1, -0.05) is 54.1 Å². The molecule has 0 saturated heterocycles. The van der Waals surface area contributed by atoms with Crippen molar-refractivity contribution in [2.45, 2.75) is 6.92 Å². The van der Waals surface area contributed by atoms with E-state index in [0.717, 1.165) is 22.3 Å². The van der Waals surface area contributed by atoms with Gasteiger partial charge in [-0.25, -0.2) is 0 Å². The van der Waals surface area contributed by atoms with Crippen molar-refractivity contribution >= 4 is 42.6 Å². The van der Waals surface area contributed by atoms with Crippen LogP contribution in [0.25, 0.3) is 24.3 Å². The van der Waals surface area contributed by atoms with Crippen LogP contribution in [0.1, 0.15) is 27.8 Å². The average molecular weight is 434 g/mol. The van der Waals surface area contributed by atoms with Gasteiger partial charge in [-0.15, -0.1) is 12.6 Å². The van der Waals surface area contributed by atoms with Crippen molar-refractivity contribution in [2.75, 3.05) is 13.0 Å². The van der Waals surface area contributed by atoms with Crippen LogP contribution in [0.3, 0.4) is 0 Å². The number of nitro benzene ring substituents is 1. The van der Waals surface area contributed by atoms with E-state index in [0.29, 0.717) is 11.5 Å². The van der Waals surface area contributed by atoms with Gasteiger partial charge >= 0.3 is 0 Å². The number of hydrogen-bond acceptors (Lipinski definition) is 5. The van der Waals surface area contributed by atoms with Crippen LogP contribution in [0.4, 0.5) is 5.69 Å². The summed E-state index contributed by atoms with van der Waals surface area (Å²) in [7, 11) is 1.62. The topological polar surface area (TPSA) is 61.6 Å². The van der Waals surface area contributed by atoms with E-state index in [2.05, 4.69) is 43.8 Å². The number of benzene rings is 3. The minimum Gasteiger partial charge on any atom is -0.496 e. The second kappa shape index (κ2) is 10.5. The van der Waals surface area contributed by atoms with E-state index in [1.165, 1.54) is 17.7 Å². The quantitative estimate of drug-likeness (QED) is 0.144. The summed E-state index contributed by atoms with van der Waals surface area (Å²) in [6.45, 7) is 2.06. The van der Waals surface area contributed by atoms with Gasteiger partial charge < -0.3 is 9.47 Å². The largest absolute Gasteiger partial charge is 0.496 e. The van der Waals surface area contributed by atoms with Gasteiger partial charge in [0.25, 0.3) is 5.69 Å². The van der Waals surface area contributed by atoms with Crippen LogP contribution < -0.4 is 9.47 Å². The van der Waals surface area contributed by atoms with Crippen LogP contribution in [0.2, 0.25) is 0 Å². The van der Waals surface area contributed by atoms with Crippen LogP contribution in [-0.2, 0) is 0 Å². The monoisotopic (exact) mass is 433 g/mol. The first kappa shape index (κ1) is 22.2. The fourth-order valence-corrected chi connectivity index (χ4v) is 3.12. The molecule has 3 aromatic rings. The zero-order valence-electron chi connectivity index (χ0n) is 17.3. The summed E-state index contributed by atoms with van der Waals surface area (Å²) in [4.78, 5) is 10.4. The number of aryl methyl sites for hydroxylation is 1. The molecular weight excluding hydrogens is 410 g/mol. The van der Waals surface area contributed by atoms with Crippen LogP contribution in [0, 0.1) is 17.0 Å². The minimum absolute atomic E-state index is 0.0592. The molecule has 0 aliphatic rings. The second-order valence-electron chi connectivity index (χ2n) is 6.83. The summed E-state index contributed by atoms with van der Waals surface area (Å²) in [5.41, 5.74) is 4.89. The molecule has 0 spiro atoms. The van der Waals surface area contributed by atoms with E-state index in [1.807, 2.05) is 36.4 Å². The fourth-order valence-electron chi connectivity index (χ4n) is 2.98. The first-order chi connectivity index (χ1) is 15.0. The van der Waals surface area contributed by atoms with Gasteiger partial charge in [0.05, 0.1) is 12.0 Å². The molecule has 0 amide bonds. The Labute approximate surface area is 187 Å². The Morgan fingerprint density at radius 3 is 1.90 bits per heavy atom. The maximum Gasteiger partial charge on any atom is 0.269 e. The van der Waals surface area contributed by atoms with Gasteiger partial charge in [-0.05, 0) is 42.3 Å². The highest BCUT2D eigenvalue weighted by atomic mass is 32.1. The number of nitrogens with zero attached hydrogens (tertiary/aromatic N) is 1. The molecule has 6 heteroatoms. The molecule has 0 aliphatic carbocycles. The molecule has 0 aliphatic heterocycles. The first-order valence-corrected chi connectivity index (χ1v) is 10.3. The third-order valence-electron chi connectivity index (χ3n) is 4.67. The molecule has 0 atom stereocenters. The number of non-ortho nitro benzene ring substituents is 1. The van der Waals surface area contributed by atoms with E-state index in [4.69, 9.17) is 9.47 Å². The van der Waals surface area contributed by atoms with Crippen molar-refractivity contribution in [3.8, 4) is 11.5 Å². The van der Waals surface area contributed by atoms with E-state index < -0.39 is 4.92 Å². The molecule has 3 aromatic carbocycles. The molecule has 0 unspecified atom stereocenters. The van der Waals surface area contributed by atoms with Crippen molar-refractivity contribution in [1.82, 2.24) is 0 Å². The van der Waals surface area contributed by atoms with Crippen molar-refractivity contribution in [3.05, 3.63) is 98.6 Å². The third kappa shape index (κ3) is 5.99. The second-order valence-corrected chi connectivity index (χ2v) is 7.09. The lowest BCUT2D eigenvalue weighted by Gasteiger charge is -2.12. The Kier molecular flexibility index (Phi) is 7.51. The van der Waals surface area contributed by atoms with Crippen LogP contribution in [-0.4, -0.2) is 18.0 Å². The number of hydrogen-bond donors (Lipinski definition) is 1. The summed E-state index contributed by atoms with van der Waals surface area (Å²) in [6, 6.07) is 18.4. The zero-order chi connectivity index (χ0) is 22.2. The van der Waals surface area contributed by atoms with Crippen molar-refractivity contribution in [3.63, 3.8) is 0 Å². The molecule has 0 bridgehead atoms. The van der Waals surface area contributed by atoms with Crippen LogP contribution in [0.15, 0.2) is 60.7 Å². The number of methoxy groups -OCH3 is 1. The standard InChI is InChI=1S/C25H23NO4S/c1-18-3-5-19(6-4-18)8-12-22-15-24(29-2)21(16-25(22)30-17-31)11-7-20-9-13-23(14-10-20)26(27)28/h3-16,31H,17H2,1-2H3/b11-7+,12-8+. The molecule has 0 N–H and O–H groups in total. The Morgan fingerprint density at radius 2 is 1.39 bits per heavy atom. The summed E-state index contributed by atoms with van der Waals surface area (Å²) >= 11 is 4.20. The molecule has 5 nitrogen and oxygen atoms in total. The summed E-state index contributed by atoms with van der Waals surface area (Å²) < 4.78 is 11.3. The maximum absolute atomic E-state index is 10.8. The number of rotatable bonds is 8.